The number of aromatic amines is 1. The van der Waals surface area contributed by atoms with Crippen molar-refractivity contribution < 1.29 is 0 Å². The summed E-state index contributed by atoms with van der Waals surface area (Å²) >= 11 is 17.9. The number of imidazole rings is 1. The number of nitrogens with zero attached hydrogens (tertiary/aromatic N) is 3. The standard InChI is InChI=1S/C13H10Cl3N5/c14-8-2-1-7(9(15)5-8)3-4-17-11-10-12(19-6-18-10)21-13(16)20-11/h1-2,5-6H,3-4H2,(H2,17,18,19,20,21). The summed E-state index contributed by atoms with van der Waals surface area (Å²) in [7, 11) is 0. The van der Waals surface area contributed by atoms with Crippen LogP contribution in [0.5, 0.6) is 0 Å². The summed E-state index contributed by atoms with van der Waals surface area (Å²) in [6, 6.07) is 5.45. The van der Waals surface area contributed by atoms with Gasteiger partial charge in [0.1, 0.15) is 5.52 Å². The number of H-pyrrole nitrogens is 1. The maximum atomic E-state index is 6.14. The quantitative estimate of drug-likeness (QED) is 0.704. The van der Waals surface area contributed by atoms with E-state index in [4.69, 9.17) is 34.8 Å². The van der Waals surface area contributed by atoms with Gasteiger partial charge < -0.3 is 10.3 Å². The molecule has 21 heavy (non-hydrogen) atoms. The van der Waals surface area contributed by atoms with Crippen LogP contribution in [0, 0.1) is 0 Å². The van der Waals surface area contributed by atoms with Gasteiger partial charge in [-0.15, -0.1) is 0 Å². The highest BCUT2D eigenvalue weighted by atomic mass is 35.5. The lowest BCUT2D eigenvalue weighted by atomic mass is 10.1. The van der Waals surface area contributed by atoms with E-state index >= 15 is 0 Å². The van der Waals surface area contributed by atoms with Crippen LogP contribution in [0.15, 0.2) is 24.5 Å². The van der Waals surface area contributed by atoms with Gasteiger partial charge in [-0.2, -0.15) is 9.97 Å². The van der Waals surface area contributed by atoms with Gasteiger partial charge in [0.05, 0.1) is 6.33 Å². The Hall–Kier alpha value is -1.56. The number of anilines is 1. The molecule has 0 spiro atoms. The van der Waals surface area contributed by atoms with Crippen LogP contribution in [0.1, 0.15) is 5.56 Å². The van der Waals surface area contributed by atoms with Crippen LogP contribution in [0.2, 0.25) is 15.3 Å². The fraction of sp³-hybridized carbons (Fsp3) is 0.154. The van der Waals surface area contributed by atoms with Gasteiger partial charge in [0.2, 0.25) is 5.28 Å². The van der Waals surface area contributed by atoms with Crippen LogP contribution in [-0.2, 0) is 6.42 Å². The molecule has 0 fully saturated rings. The zero-order valence-corrected chi connectivity index (χ0v) is 13.0. The molecule has 0 amide bonds. The summed E-state index contributed by atoms with van der Waals surface area (Å²) in [6.45, 7) is 0.642. The Morgan fingerprint density at radius 1 is 1.14 bits per heavy atom. The maximum Gasteiger partial charge on any atom is 0.226 e. The van der Waals surface area contributed by atoms with Gasteiger partial charge in [0, 0.05) is 16.6 Å². The molecule has 8 heteroatoms. The number of rotatable bonds is 4. The highest BCUT2D eigenvalue weighted by Crippen LogP contribution is 2.22. The largest absolute Gasteiger partial charge is 0.368 e. The van der Waals surface area contributed by atoms with Crippen LogP contribution in [0.4, 0.5) is 5.82 Å². The third-order valence-corrected chi connectivity index (χ3v) is 3.72. The number of aromatic nitrogens is 4. The van der Waals surface area contributed by atoms with Gasteiger partial charge in [-0.05, 0) is 35.7 Å². The summed E-state index contributed by atoms with van der Waals surface area (Å²) in [4.78, 5) is 15.2. The number of halogens is 3. The molecular weight excluding hydrogens is 333 g/mol. The molecule has 0 aliphatic rings. The fourth-order valence-corrected chi connectivity index (χ4v) is 2.64. The Balaban J connectivity index is 1.73. The first kappa shape index (κ1) is 14.4. The van der Waals surface area contributed by atoms with Crippen molar-refractivity contribution in [2.45, 2.75) is 6.42 Å². The predicted octanol–water partition coefficient (Wildman–Crippen LogP) is 3.97. The van der Waals surface area contributed by atoms with Crippen molar-refractivity contribution >= 4 is 51.8 Å². The van der Waals surface area contributed by atoms with E-state index in [0.717, 1.165) is 17.5 Å². The van der Waals surface area contributed by atoms with Crippen LogP contribution < -0.4 is 5.32 Å². The van der Waals surface area contributed by atoms with Crippen molar-refractivity contribution in [1.82, 2.24) is 19.9 Å². The topological polar surface area (TPSA) is 66.5 Å². The fourth-order valence-electron chi connectivity index (χ4n) is 1.97. The summed E-state index contributed by atoms with van der Waals surface area (Å²) in [5.41, 5.74) is 2.26. The minimum absolute atomic E-state index is 0.154. The molecule has 0 radical (unpaired) electrons. The van der Waals surface area contributed by atoms with E-state index < -0.39 is 0 Å². The number of hydrogen-bond donors (Lipinski definition) is 2. The van der Waals surface area contributed by atoms with E-state index in [9.17, 15) is 0 Å². The third-order valence-electron chi connectivity index (χ3n) is 2.96. The van der Waals surface area contributed by atoms with Crippen molar-refractivity contribution in [2.24, 2.45) is 0 Å². The van der Waals surface area contributed by atoms with E-state index in [2.05, 4.69) is 25.3 Å². The smallest absolute Gasteiger partial charge is 0.226 e. The lowest BCUT2D eigenvalue weighted by Crippen LogP contribution is -2.08. The van der Waals surface area contributed by atoms with E-state index in [1.165, 1.54) is 0 Å². The van der Waals surface area contributed by atoms with E-state index in [0.29, 0.717) is 28.1 Å². The van der Waals surface area contributed by atoms with Crippen molar-refractivity contribution in [3.63, 3.8) is 0 Å². The maximum absolute atomic E-state index is 6.14. The van der Waals surface area contributed by atoms with E-state index in [-0.39, 0.29) is 5.28 Å². The summed E-state index contributed by atoms with van der Waals surface area (Å²) in [5, 5.41) is 4.63. The first-order valence-electron chi connectivity index (χ1n) is 6.18. The minimum atomic E-state index is 0.154. The first-order valence-corrected chi connectivity index (χ1v) is 7.31. The second-order valence-electron chi connectivity index (χ2n) is 4.35. The highest BCUT2D eigenvalue weighted by Gasteiger charge is 2.08. The molecule has 0 aliphatic carbocycles. The molecule has 2 N–H and O–H groups in total. The molecule has 5 nitrogen and oxygen atoms in total. The number of benzene rings is 1. The molecule has 0 unspecified atom stereocenters. The molecular formula is C13H10Cl3N5. The third kappa shape index (κ3) is 3.20. The number of nitrogens with one attached hydrogen (secondary N) is 2. The second kappa shape index (κ2) is 6.05. The number of fused-ring (bicyclic) bond motifs is 1. The molecule has 0 bridgehead atoms. The molecule has 2 heterocycles. The highest BCUT2D eigenvalue weighted by molar-refractivity contribution is 6.35. The van der Waals surface area contributed by atoms with Crippen LogP contribution in [0.25, 0.3) is 11.2 Å². The first-order chi connectivity index (χ1) is 10.1. The van der Waals surface area contributed by atoms with Crippen LogP contribution >= 0.6 is 34.8 Å². The molecule has 3 rings (SSSR count). The normalized spacial score (nSPS) is 11.0. The van der Waals surface area contributed by atoms with Crippen molar-refractivity contribution in [3.05, 3.63) is 45.4 Å². The lowest BCUT2D eigenvalue weighted by Gasteiger charge is -2.08. The Morgan fingerprint density at radius 2 is 2.00 bits per heavy atom. The lowest BCUT2D eigenvalue weighted by molar-refractivity contribution is 1.00. The summed E-state index contributed by atoms with van der Waals surface area (Å²) in [5.74, 6) is 0.618. The summed E-state index contributed by atoms with van der Waals surface area (Å²) < 4.78 is 0. The van der Waals surface area contributed by atoms with Gasteiger partial charge >= 0.3 is 0 Å². The molecule has 0 atom stereocenters. The molecule has 3 aromatic rings. The minimum Gasteiger partial charge on any atom is -0.368 e. The Bertz CT molecular complexity index is 787. The Morgan fingerprint density at radius 3 is 2.81 bits per heavy atom. The second-order valence-corrected chi connectivity index (χ2v) is 5.54. The number of hydrogen-bond acceptors (Lipinski definition) is 4. The average Bonchev–Trinajstić information content (AvgIpc) is 2.89. The monoisotopic (exact) mass is 341 g/mol. The Kier molecular flexibility index (Phi) is 4.14. The van der Waals surface area contributed by atoms with Gasteiger partial charge in [0.15, 0.2) is 11.5 Å². The van der Waals surface area contributed by atoms with Gasteiger partial charge in [0.25, 0.3) is 0 Å². The zero-order chi connectivity index (χ0) is 14.8. The van der Waals surface area contributed by atoms with Gasteiger partial charge in [-0.1, -0.05) is 29.3 Å². The molecule has 0 saturated heterocycles. The average molecular weight is 343 g/mol. The van der Waals surface area contributed by atoms with Crippen LogP contribution in [-0.4, -0.2) is 26.5 Å². The molecule has 0 saturated carbocycles. The summed E-state index contributed by atoms with van der Waals surface area (Å²) in [6.07, 6.45) is 2.28. The van der Waals surface area contributed by atoms with Crippen molar-refractivity contribution in [1.29, 1.82) is 0 Å². The van der Waals surface area contributed by atoms with Gasteiger partial charge in [-0.3, -0.25) is 0 Å². The molecule has 108 valence electrons. The van der Waals surface area contributed by atoms with Crippen LogP contribution in [0.3, 0.4) is 0 Å². The SMILES string of the molecule is Clc1ccc(CCNc2nc(Cl)nc3nc[nH]c23)c(Cl)c1. The molecule has 2 aromatic heterocycles. The zero-order valence-electron chi connectivity index (χ0n) is 10.7. The Labute approximate surface area is 135 Å². The molecule has 0 aliphatic heterocycles. The van der Waals surface area contributed by atoms with Crippen molar-refractivity contribution in [3.8, 4) is 0 Å². The van der Waals surface area contributed by atoms with Gasteiger partial charge in [-0.25, -0.2) is 4.98 Å². The van der Waals surface area contributed by atoms with Crippen molar-refractivity contribution in [2.75, 3.05) is 11.9 Å². The van der Waals surface area contributed by atoms with E-state index in [1.54, 1.807) is 12.4 Å². The predicted molar refractivity (Wildman–Crippen MR) is 85.3 cm³/mol. The van der Waals surface area contributed by atoms with E-state index in [1.807, 2.05) is 12.1 Å². The molecule has 1 aromatic carbocycles.